The first-order valence-electron chi connectivity index (χ1n) is 6.69. The number of carbonyl (C=O) groups is 1. The fraction of sp³-hybridized carbons (Fsp3) is 0.467. The third-order valence-electron chi connectivity index (χ3n) is 3.57. The van der Waals surface area contributed by atoms with E-state index < -0.39 is 0 Å². The van der Waals surface area contributed by atoms with E-state index in [1.165, 1.54) is 0 Å². The summed E-state index contributed by atoms with van der Waals surface area (Å²) in [5.74, 6) is 0.393. The van der Waals surface area contributed by atoms with Crippen molar-refractivity contribution in [1.82, 2.24) is 4.90 Å². The quantitative estimate of drug-likeness (QED) is 0.897. The highest BCUT2D eigenvalue weighted by atomic mass is 16.5. The monoisotopic (exact) mass is 274 g/mol. The van der Waals surface area contributed by atoms with E-state index in [1.807, 2.05) is 13.0 Å². The fourth-order valence-electron chi connectivity index (χ4n) is 2.28. The van der Waals surface area contributed by atoms with Gasteiger partial charge in [0, 0.05) is 13.1 Å². The van der Waals surface area contributed by atoms with E-state index in [-0.39, 0.29) is 24.5 Å². The first kappa shape index (κ1) is 14.4. The van der Waals surface area contributed by atoms with Crippen LogP contribution in [-0.4, -0.2) is 41.7 Å². The van der Waals surface area contributed by atoms with Gasteiger partial charge in [0.1, 0.15) is 11.8 Å². The highest BCUT2D eigenvalue weighted by molar-refractivity contribution is 5.78. The van der Waals surface area contributed by atoms with Gasteiger partial charge in [0.25, 0.3) is 5.91 Å². The fourth-order valence-corrected chi connectivity index (χ4v) is 2.28. The molecule has 1 aliphatic rings. The third-order valence-corrected chi connectivity index (χ3v) is 3.57. The van der Waals surface area contributed by atoms with Gasteiger partial charge in [-0.3, -0.25) is 4.79 Å². The SMILES string of the molecule is CC1CN(C(=O)COc2ccccc2C#N)CCC1O. The Morgan fingerprint density at radius 3 is 3.00 bits per heavy atom. The Hall–Kier alpha value is -2.06. The number of ether oxygens (including phenoxy) is 1. The number of nitrogens with zero attached hydrogens (tertiary/aromatic N) is 2. The molecule has 0 radical (unpaired) electrons. The van der Waals surface area contributed by atoms with Crippen LogP contribution in [0.5, 0.6) is 5.75 Å². The number of aliphatic hydroxyl groups is 1. The third kappa shape index (κ3) is 3.28. The summed E-state index contributed by atoms with van der Waals surface area (Å²) in [7, 11) is 0. The maximum atomic E-state index is 12.1. The Balaban J connectivity index is 1.91. The maximum absolute atomic E-state index is 12.1. The average molecular weight is 274 g/mol. The number of amides is 1. The molecule has 1 aliphatic heterocycles. The number of rotatable bonds is 3. The van der Waals surface area contributed by atoms with E-state index in [2.05, 4.69) is 0 Å². The molecule has 0 saturated carbocycles. The van der Waals surface area contributed by atoms with Gasteiger partial charge in [0.15, 0.2) is 6.61 Å². The lowest BCUT2D eigenvalue weighted by atomic mass is 9.97. The number of likely N-dealkylation sites (tertiary alicyclic amines) is 1. The molecule has 1 aromatic carbocycles. The van der Waals surface area contributed by atoms with Crippen molar-refractivity contribution in [3.8, 4) is 11.8 Å². The number of benzene rings is 1. The number of nitriles is 1. The van der Waals surface area contributed by atoms with Gasteiger partial charge in [-0.05, 0) is 24.5 Å². The number of aliphatic hydroxyl groups excluding tert-OH is 1. The molecule has 0 bridgehead atoms. The molecule has 5 nitrogen and oxygen atoms in total. The van der Waals surface area contributed by atoms with Crippen LogP contribution in [0.4, 0.5) is 0 Å². The largest absolute Gasteiger partial charge is 0.482 e. The predicted octanol–water partition coefficient (Wildman–Crippen LogP) is 1.17. The van der Waals surface area contributed by atoms with Crippen LogP contribution in [0.25, 0.3) is 0 Å². The lowest BCUT2D eigenvalue weighted by molar-refractivity contribution is -0.136. The summed E-state index contributed by atoms with van der Waals surface area (Å²) in [6.45, 7) is 2.94. The van der Waals surface area contributed by atoms with Crippen LogP contribution in [-0.2, 0) is 4.79 Å². The Labute approximate surface area is 118 Å². The number of carbonyl (C=O) groups excluding carboxylic acids is 1. The number of hydrogen-bond donors (Lipinski definition) is 1. The van der Waals surface area contributed by atoms with Gasteiger partial charge in [-0.2, -0.15) is 5.26 Å². The molecule has 2 rings (SSSR count). The zero-order valence-electron chi connectivity index (χ0n) is 11.5. The molecule has 2 unspecified atom stereocenters. The van der Waals surface area contributed by atoms with Crippen molar-refractivity contribution in [3.63, 3.8) is 0 Å². The van der Waals surface area contributed by atoms with Gasteiger partial charge in [-0.1, -0.05) is 19.1 Å². The molecule has 1 fully saturated rings. The normalized spacial score (nSPS) is 22.1. The zero-order chi connectivity index (χ0) is 14.5. The van der Waals surface area contributed by atoms with Crippen molar-refractivity contribution >= 4 is 5.91 Å². The van der Waals surface area contributed by atoms with Crippen molar-refractivity contribution in [2.24, 2.45) is 5.92 Å². The van der Waals surface area contributed by atoms with Crippen molar-refractivity contribution in [2.45, 2.75) is 19.4 Å². The Kier molecular flexibility index (Phi) is 4.59. The number of hydrogen-bond acceptors (Lipinski definition) is 4. The van der Waals surface area contributed by atoms with Crippen LogP contribution in [0, 0.1) is 17.2 Å². The molecule has 1 N–H and O–H groups in total. The lowest BCUT2D eigenvalue weighted by Gasteiger charge is -2.34. The molecule has 5 heteroatoms. The summed E-state index contributed by atoms with van der Waals surface area (Å²) in [4.78, 5) is 13.8. The second-order valence-corrected chi connectivity index (χ2v) is 5.07. The molecule has 1 aromatic rings. The average Bonchev–Trinajstić information content (AvgIpc) is 2.47. The van der Waals surface area contributed by atoms with Crippen LogP contribution >= 0.6 is 0 Å². The van der Waals surface area contributed by atoms with E-state index in [1.54, 1.807) is 29.2 Å². The Morgan fingerprint density at radius 1 is 1.55 bits per heavy atom. The standard InChI is InChI=1S/C15H18N2O3/c1-11-9-17(7-6-13(11)18)15(19)10-20-14-5-3-2-4-12(14)8-16/h2-5,11,13,18H,6-7,9-10H2,1H3. The van der Waals surface area contributed by atoms with E-state index in [9.17, 15) is 9.90 Å². The van der Waals surface area contributed by atoms with E-state index >= 15 is 0 Å². The van der Waals surface area contributed by atoms with Crippen LogP contribution < -0.4 is 4.74 Å². The molecule has 2 atom stereocenters. The van der Waals surface area contributed by atoms with Crippen molar-refractivity contribution in [2.75, 3.05) is 19.7 Å². The second kappa shape index (κ2) is 6.40. The summed E-state index contributed by atoms with van der Waals surface area (Å²) in [6.07, 6.45) is 0.265. The van der Waals surface area contributed by atoms with Crippen molar-refractivity contribution < 1.29 is 14.6 Å². The molecule has 0 aliphatic carbocycles. The lowest BCUT2D eigenvalue weighted by Crippen LogP contribution is -2.46. The van der Waals surface area contributed by atoms with Gasteiger partial charge in [-0.15, -0.1) is 0 Å². The molecule has 1 heterocycles. The van der Waals surface area contributed by atoms with Crippen LogP contribution in [0.3, 0.4) is 0 Å². The van der Waals surface area contributed by atoms with Gasteiger partial charge in [0.2, 0.25) is 0 Å². The van der Waals surface area contributed by atoms with E-state index in [0.717, 1.165) is 0 Å². The first-order chi connectivity index (χ1) is 9.61. The van der Waals surface area contributed by atoms with Crippen LogP contribution in [0.2, 0.25) is 0 Å². The topological polar surface area (TPSA) is 73.6 Å². The minimum Gasteiger partial charge on any atom is -0.482 e. The van der Waals surface area contributed by atoms with Gasteiger partial charge in [-0.25, -0.2) is 0 Å². The summed E-state index contributed by atoms with van der Waals surface area (Å²) in [5, 5.41) is 18.6. The highest BCUT2D eigenvalue weighted by Gasteiger charge is 2.27. The molecule has 0 aromatic heterocycles. The molecule has 0 spiro atoms. The van der Waals surface area contributed by atoms with Crippen LogP contribution in [0.15, 0.2) is 24.3 Å². The van der Waals surface area contributed by atoms with Crippen molar-refractivity contribution in [3.05, 3.63) is 29.8 Å². The highest BCUT2D eigenvalue weighted by Crippen LogP contribution is 2.19. The smallest absolute Gasteiger partial charge is 0.260 e. The van der Waals surface area contributed by atoms with E-state index in [0.29, 0.717) is 30.8 Å². The summed E-state index contributed by atoms with van der Waals surface area (Å²) in [5.41, 5.74) is 0.419. The molecule has 1 amide bonds. The van der Waals surface area contributed by atoms with Gasteiger partial charge >= 0.3 is 0 Å². The predicted molar refractivity (Wildman–Crippen MR) is 73.0 cm³/mol. The summed E-state index contributed by atoms with van der Waals surface area (Å²) < 4.78 is 5.43. The molecular formula is C15H18N2O3. The maximum Gasteiger partial charge on any atom is 0.260 e. The summed E-state index contributed by atoms with van der Waals surface area (Å²) in [6, 6.07) is 8.87. The van der Waals surface area contributed by atoms with Crippen LogP contribution in [0.1, 0.15) is 18.9 Å². The Bertz CT molecular complexity index is 524. The minimum absolute atomic E-state index is 0.0818. The number of piperidine rings is 1. The molecule has 1 saturated heterocycles. The zero-order valence-corrected chi connectivity index (χ0v) is 11.5. The minimum atomic E-state index is -0.334. The number of para-hydroxylation sites is 1. The second-order valence-electron chi connectivity index (χ2n) is 5.07. The molecular weight excluding hydrogens is 256 g/mol. The Morgan fingerprint density at radius 2 is 2.30 bits per heavy atom. The first-order valence-corrected chi connectivity index (χ1v) is 6.69. The molecule has 20 heavy (non-hydrogen) atoms. The van der Waals surface area contributed by atoms with Gasteiger partial charge < -0.3 is 14.7 Å². The molecule has 106 valence electrons. The van der Waals surface area contributed by atoms with Crippen molar-refractivity contribution in [1.29, 1.82) is 5.26 Å². The van der Waals surface area contributed by atoms with Gasteiger partial charge in [0.05, 0.1) is 11.7 Å². The van der Waals surface area contributed by atoms with E-state index in [4.69, 9.17) is 10.00 Å². The summed E-state index contributed by atoms with van der Waals surface area (Å²) >= 11 is 0.